The van der Waals surface area contributed by atoms with Crippen LogP contribution in [0.5, 0.6) is 0 Å². The maximum Gasteiger partial charge on any atom is 0.345 e. The molecule has 0 heterocycles. The number of hydrogen-bond donors (Lipinski definition) is 2. The average molecular weight is 294 g/mol. The standard InChI is InChI=1S/C15H18O6/c1-15(2,3)10-6-4-9(5-7-10)14(20)21-11(13(18)19)8-12(16)17/h4-7,11H,8H2,1-3H3,(H,16,17)(H,18,19). The summed E-state index contributed by atoms with van der Waals surface area (Å²) in [6.07, 6.45) is -2.47. The fourth-order valence-corrected chi connectivity index (χ4v) is 1.64. The van der Waals surface area contributed by atoms with E-state index in [2.05, 4.69) is 0 Å². The Morgan fingerprint density at radius 1 is 1.10 bits per heavy atom. The third kappa shape index (κ3) is 4.91. The van der Waals surface area contributed by atoms with Gasteiger partial charge in [-0.2, -0.15) is 0 Å². The Hall–Kier alpha value is -2.37. The molecule has 114 valence electrons. The molecule has 0 aromatic heterocycles. The minimum atomic E-state index is -1.70. The van der Waals surface area contributed by atoms with Crippen molar-refractivity contribution in [2.75, 3.05) is 0 Å². The zero-order valence-electron chi connectivity index (χ0n) is 12.1. The Labute approximate surface area is 122 Å². The predicted octanol–water partition coefficient (Wildman–Crippen LogP) is 2.07. The number of aliphatic carboxylic acids is 2. The van der Waals surface area contributed by atoms with E-state index in [4.69, 9.17) is 14.9 Å². The van der Waals surface area contributed by atoms with Crippen LogP contribution in [0.4, 0.5) is 0 Å². The Bertz CT molecular complexity index is 538. The fourth-order valence-electron chi connectivity index (χ4n) is 1.64. The van der Waals surface area contributed by atoms with Crippen LogP contribution < -0.4 is 0 Å². The molecular weight excluding hydrogens is 276 g/mol. The summed E-state index contributed by atoms with van der Waals surface area (Å²) in [5.41, 5.74) is 1.12. The van der Waals surface area contributed by atoms with E-state index in [0.29, 0.717) is 0 Å². The Morgan fingerprint density at radius 3 is 2.00 bits per heavy atom. The number of carbonyl (C=O) groups is 3. The van der Waals surface area contributed by atoms with Crippen LogP contribution in [0.2, 0.25) is 0 Å². The van der Waals surface area contributed by atoms with Crippen LogP contribution in [0.3, 0.4) is 0 Å². The van der Waals surface area contributed by atoms with E-state index in [0.717, 1.165) is 5.56 Å². The summed E-state index contributed by atoms with van der Waals surface area (Å²) >= 11 is 0. The molecule has 0 amide bonds. The summed E-state index contributed by atoms with van der Waals surface area (Å²) in [4.78, 5) is 33.2. The van der Waals surface area contributed by atoms with Crippen LogP contribution in [-0.2, 0) is 19.7 Å². The normalized spacial score (nSPS) is 12.5. The summed E-state index contributed by atoms with van der Waals surface area (Å²) in [5, 5.41) is 17.4. The first kappa shape index (κ1) is 16.7. The third-order valence-electron chi connectivity index (χ3n) is 2.87. The van der Waals surface area contributed by atoms with E-state index in [-0.39, 0.29) is 11.0 Å². The maximum absolute atomic E-state index is 11.8. The monoisotopic (exact) mass is 294 g/mol. The zero-order valence-corrected chi connectivity index (χ0v) is 12.1. The quantitative estimate of drug-likeness (QED) is 0.806. The number of carbonyl (C=O) groups excluding carboxylic acids is 1. The van der Waals surface area contributed by atoms with Crippen molar-refractivity contribution in [1.29, 1.82) is 0 Å². The highest BCUT2D eigenvalue weighted by atomic mass is 16.6. The molecule has 1 aromatic carbocycles. The molecule has 1 unspecified atom stereocenters. The number of benzene rings is 1. The molecule has 6 heteroatoms. The van der Waals surface area contributed by atoms with Gasteiger partial charge in [-0.05, 0) is 23.1 Å². The lowest BCUT2D eigenvalue weighted by atomic mass is 9.87. The van der Waals surface area contributed by atoms with Crippen LogP contribution in [0, 0.1) is 0 Å². The van der Waals surface area contributed by atoms with Gasteiger partial charge in [-0.15, -0.1) is 0 Å². The molecule has 1 rings (SSSR count). The van der Waals surface area contributed by atoms with Crippen LogP contribution in [0.15, 0.2) is 24.3 Å². The highest BCUT2D eigenvalue weighted by Gasteiger charge is 2.26. The molecule has 0 saturated heterocycles. The van der Waals surface area contributed by atoms with E-state index >= 15 is 0 Å². The van der Waals surface area contributed by atoms with Gasteiger partial charge in [0, 0.05) is 0 Å². The van der Waals surface area contributed by atoms with Gasteiger partial charge in [-0.3, -0.25) is 4.79 Å². The summed E-state index contributed by atoms with van der Waals surface area (Å²) in [7, 11) is 0. The molecule has 0 bridgehead atoms. The molecule has 0 spiro atoms. The number of ether oxygens (including phenoxy) is 1. The zero-order chi connectivity index (χ0) is 16.2. The lowest BCUT2D eigenvalue weighted by Gasteiger charge is -2.19. The van der Waals surface area contributed by atoms with E-state index < -0.39 is 30.4 Å². The van der Waals surface area contributed by atoms with Crippen LogP contribution >= 0.6 is 0 Å². The van der Waals surface area contributed by atoms with E-state index in [9.17, 15) is 14.4 Å². The molecule has 6 nitrogen and oxygen atoms in total. The summed E-state index contributed by atoms with van der Waals surface area (Å²) in [6, 6.07) is 6.57. The Balaban J connectivity index is 2.83. The van der Waals surface area contributed by atoms with Gasteiger partial charge in [-0.1, -0.05) is 32.9 Å². The van der Waals surface area contributed by atoms with Gasteiger partial charge in [0.25, 0.3) is 0 Å². The number of esters is 1. The predicted molar refractivity (Wildman–Crippen MR) is 74.2 cm³/mol. The molecule has 0 radical (unpaired) electrons. The van der Waals surface area contributed by atoms with Gasteiger partial charge < -0.3 is 14.9 Å². The van der Waals surface area contributed by atoms with Gasteiger partial charge in [0.2, 0.25) is 6.10 Å². The maximum atomic E-state index is 11.8. The second kappa shape index (κ2) is 6.39. The van der Waals surface area contributed by atoms with Crippen LogP contribution in [0.1, 0.15) is 43.1 Å². The molecule has 0 aliphatic heterocycles. The molecular formula is C15H18O6. The molecule has 0 saturated carbocycles. The Kier molecular flexibility index (Phi) is 5.07. The molecule has 21 heavy (non-hydrogen) atoms. The van der Waals surface area contributed by atoms with Crippen molar-refractivity contribution in [2.45, 2.75) is 38.7 Å². The fraction of sp³-hybridized carbons (Fsp3) is 0.400. The van der Waals surface area contributed by atoms with Crippen molar-refractivity contribution in [3.8, 4) is 0 Å². The smallest absolute Gasteiger partial charge is 0.345 e. The summed E-state index contributed by atoms with van der Waals surface area (Å²) in [5.74, 6) is -3.69. The lowest BCUT2D eigenvalue weighted by Crippen LogP contribution is -2.29. The minimum absolute atomic E-state index is 0.0741. The number of carboxylic acids is 2. The first-order valence-electron chi connectivity index (χ1n) is 6.37. The summed E-state index contributed by atoms with van der Waals surface area (Å²) < 4.78 is 4.71. The highest BCUT2D eigenvalue weighted by molar-refractivity contribution is 5.92. The van der Waals surface area contributed by atoms with Gasteiger partial charge in [0.15, 0.2) is 0 Å². The Morgan fingerprint density at radius 2 is 1.62 bits per heavy atom. The lowest BCUT2D eigenvalue weighted by molar-refractivity contribution is -0.153. The van der Waals surface area contributed by atoms with Crippen molar-refractivity contribution in [1.82, 2.24) is 0 Å². The van der Waals surface area contributed by atoms with E-state index in [1.807, 2.05) is 20.8 Å². The van der Waals surface area contributed by atoms with Crippen molar-refractivity contribution in [3.05, 3.63) is 35.4 Å². The number of rotatable bonds is 5. The first-order valence-corrected chi connectivity index (χ1v) is 6.37. The van der Waals surface area contributed by atoms with Gasteiger partial charge in [-0.25, -0.2) is 9.59 Å². The van der Waals surface area contributed by atoms with Crippen LogP contribution in [0.25, 0.3) is 0 Å². The second-order valence-corrected chi connectivity index (χ2v) is 5.66. The molecule has 0 aliphatic carbocycles. The first-order chi connectivity index (χ1) is 9.61. The highest BCUT2D eigenvalue weighted by Crippen LogP contribution is 2.22. The minimum Gasteiger partial charge on any atom is -0.481 e. The van der Waals surface area contributed by atoms with E-state index in [1.54, 1.807) is 12.1 Å². The average Bonchev–Trinajstić information content (AvgIpc) is 2.36. The van der Waals surface area contributed by atoms with Crippen molar-refractivity contribution in [3.63, 3.8) is 0 Å². The summed E-state index contributed by atoms with van der Waals surface area (Å²) in [6.45, 7) is 6.06. The molecule has 2 N–H and O–H groups in total. The van der Waals surface area contributed by atoms with Crippen molar-refractivity contribution < 1.29 is 29.3 Å². The largest absolute Gasteiger partial charge is 0.481 e. The molecule has 1 atom stereocenters. The van der Waals surface area contributed by atoms with Crippen molar-refractivity contribution >= 4 is 17.9 Å². The topological polar surface area (TPSA) is 101 Å². The van der Waals surface area contributed by atoms with Gasteiger partial charge >= 0.3 is 17.9 Å². The molecule has 0 aliphatic rings. The second-order valence-electron chi connectivity index (χ2n) is 5.66. The van der Waals surface area contributed by atoms with Crippen LogP contribution in [-0.4, -0.2) is 34.2 Å². The van der Waals surface area contributed by atoms with Gasteiger partial charge in [0.05, 0.1) is 12.0 Å². The third-order valence-corrected chi connectivity index (χ3v) is 2.87. The van der Waals surface area contributed by atoms with Gasteiger partial charge in [0.1, 0.15) is 0 Å². The van der Waals surface area contributed by atoms with E-state index in [1.165, 1.54) is 12.1 Å². The molecule has 1 aromatic rings. The SMILES string of the molecule is CC(C)(C)c1ccc(C(=O)OC(CC(=O)O)C(=O)O)cc1. The number of carboxylic acid groups (broad SMARTS) is 2. The van der Waals surface area contributed by atoms with Crippen molar-refractivity contribution in [2.24, 2.45) is 0 Å². The number of hydrogen-bond acceptors (Lipinski definition) is 4. The molecule has 0 fully saturated rings.